The molecule has 0 radical (unpaired) electrons. The number of aryl methyl sites for hydroxylation is 1. The summed E-state index contributed by atoms with van der Waals surface area (Å²) in [7, 11) is -3.63. The molecule has 0 bridgehead atoms. The monoisotopic (exact) mass is 428 g/mol. The van der Waals surface area contributed by atoms with Crippen LogP contribution in [0.1, 0.15) is 29.8 Å². The van der Waals surface area contributed by atoms with E-state index in [2.05, 4.69) is 5.32 Å². The van der Waals surface area contributed by atoms with E-state index < -0.39 is 10.0 Å². The molecule has 0 spiro atoms. The van der Waals surface area contributed by atoms with E-state index in [1.807, 2.05) is 41.1 Å². The van der Waals surface area contributed by atoms with Gasteiger partial charge in [0, 0.05) is 24.3 Å². The smallest absolute Gasteiger partial charge is 0.255 e. The van der Waals surface area contributed by atoms with E-state index >= 15 is 0 Å². The van der Waals surface area contributed by atoms with Crippen molar-refractivity contribution in [2.24, 2.45) is 0 Å². The maximum Gasteiger partial charge on any atom is 0.255 e. The molecule has 0 saturated carbocycles. The van der Waals surface area contributed by atoms with Gasteiger partial charge in [-0.3, -0.25) is 4.79 Å². The van der Waals surface area contributed by atoms with Crippen molar-refractivity contribution in [1.29, 1.82) is 0 Å². The summed E-state index contributed by atoms with van der Waals surface area (Å²) >= 11 is 1.61. The summed E-state index contributed by atoms with van der Waals surface area (Å²) in [6.45, 7) is 6.14. The molecule has 1 amide bonds. The zero-order valence-electron chi connectivity index (χ0n) is 16.7. The molecule has 29 heavy (non-hydrogen) atoms. The van der Waals surface area contributed by atoms with Crippen molar-refractivity contribution in [3.63, 3.8) is 0 Å². The SMILES string of the molecule is CCN(CC)S(=O)(=O)c1ccc(C)c(C(=O)Nc2cccc(-c3ccsc3)c2)c1. The lowest BCUT2D eigenvalue weighted by Crippen LogP contribution is -2.30. The first-order valence-corrected chi connectivity index (χ1v) is 11.8. The van der Waals surface area contributed by atoms with Crippen LogP contribution >= 0.6 is 11.3 Å². The van der Waals surface area contributed by atoms with E-state index in [4.69, 9.17) is 0 Å². The molecule has 0 unspecified atom stereocenters. The van der Waals surface area contributed by atoms with Crippen molar-refractivity contribution in [3.05, 3.63) is 70.4 Å². The lowest BCUT2D eigenvalue weighted by atomic mass is 10.1. The fourth-order valence-electron chi connectivity index (χ4n) is 3.12. The number of carbonyl (C=O) groups is 1. The number of carbonyl (C=O) groups excluding carboxylic acids is 1. The summed E-state index contributed by atoms with van der Waals surface area (Å²) in [6, 6.07) is 14.3. The van der Waals surface area contributed by atoms with E-state index in [0.29, 0.717) is 24.3 Å². The standard InChI is InChI=1S/C22H24N2O3S2/c1-4-24(5-2)29(26,27)20-10-9-16(3)21(14-20)22(25)23-19-8-6-7-17(13-19)18-11-12-28-15-18/h6-15H,4-5H2,1-3H3,(H,23,25). The predicted octanol–water partition coefficient (Wildman–Crippen LogP) is 5.01. The van der Waals surface area contributed by atoms with Gasteiger partial charge in [0.15, 0.2) is 0 Å². The highest BCUT2D eigenvalue weighted by molar-refractivity contribution is 7.89. The van der Waals surface area contributed by atoms with Crippen molar-refractivity contribution < 1.29 is 13.2 Å². The second-order valence-corrected chi connectivity index (χ2v) is 9.33. The summed E-state index contributed by atoms with van der Waals surface area (Å²) in [5.74, 6) is -0.332. The zero-order valence-corrected chi connectivity index (χ0v) is 18.3. The van der Waals surface area contributed by atoms with Crippen LogP contribution in [0.15, 0.2) is 64.2 Å². The third-order valence-corrected chi connectivity index (χ3v) is 7.50. The van der Waals surface area contributed by atoms with Crippen molar-refractivity contribution in [3.8, 4) is 11.1 Å². The van der Waals surface area contributed by atoms with Gasteiger partial charge >= 0.3 is 0 Å². The first-order chi connectivity index (χ1) is 13.9. The Balaban J connectivity index is 1.89. The van der Waals surface area contributed by atoms with Crippen LogP contribution in [0.4, 0.5) is 5.69 Å². The average molecular weight is 429 g/mol. The van der Waals surface area contributed by atoms with E-state index in [1.54, 1.807) is 44.2 Å². The van der Waals surface area contributed by atoms with Gasteiger partial charge in [0.2, 0.25) is 10.0 Å². The Morgan fingerprint density at radius 3 is 2.45 bits per heavy atom. The molecule has 1 N–H and O–H groups in total. The van der Waals surface area contributed by atoms with Crippen LogP contribution in [-0.2, 0) is 10.0 Å². The fraction of sp³-hybridized carbons (Fsp3) is 0.227. The quantitative estimate of drug-likeness (QED) is 0.575. The summed E-state index contributed by atoms with van der Waals surface area (Å²) in [6.07, 6.45) is 0. The number of sulfonamides is 1. The van der Waals surface area contributed by atoms with Gasteiger partial charge in [-0.05, 0) is 64.7 Å². The molecule has 152 valence electrons. The van der Waals surface area contributed by atoms with Gasteiger partial charge < -0.3 is 5.32 Å². The Kier molecular flexibility index (Phi) is 6.52. The highest BCUT2D eigenvalue weighted by Crippen LogP contribution is 2.26. The molecule has 5 nitrogen and oxygen atoms in total. The molecule has 1 heterocycles. The zero-order chi connectivity index (χ0) is 21.0. The molecule has 2 aromatic carbocycles. The molecule has 3 aromatic rings. The summed E-state index contributed by atoms with van der Waals surface area (Å²) in [5, 5.41) is 6.95. The van der Waals surface area contributed by atoms with Gasteiger partial charge in [-0.1, -0.05) is 32.0 Å². The van der Waals surface area contributed by atoms with Gasteiger partial charge in [0.1, 0.15) is 0 Å². The van der Waals surface area contributed by atoms with Gasteiger partial charge in [-0.25, -0.2) is 8.42 Å². The normalized spacial score (nSPS) is 11.6. The molecule has 0 aliphatic heterocycles. The Morgan fingerprint density at radius 2 is 1.79 bits per heavy atom. The molecule has 0 aliphatic carbocycles. The predicted molar refractivity (Wildman–Crippen MR) is 119 cm³/mol. The van der Waals surface area contributed by atoms with Crippen molar-refractivity contribution in [1.82, 2.24) is 4.31 Å². The minimum Gasteiger partial charge on any atom is -0.322 e. The maximum atomic E-state index is 12.9. The highest BCUT2D eigenvalue weighted by Gasteiger charge is 2.23. The Hall–Kier alpha value is -2.48. The van der Waals surface area contributed by atoms with Gasteiger partial charge in [-0.15, -0.1) is 0 Å². The minimum atomic E-state index is -3.63. The third kappa shape index (κ3) is 4.58. The number of rotatable bonds is 7. The van der Waals surface area contributed by atoms with E-state index in [1.165, 1.54) is 10.4 Å². The number of thiophene rings is 1. The van der Waals surface area contributed by atoms with E-state index in [0.717, 1.165) is 16.7 Å². The van der Waals surface area contributed by atoms with Gasteiger partial charge in [0.25, 0.3) is 5.91 Å². The van der Waals surface area contributed by atoms with Crippen LogP contribution in [0.3, 0.4) is 0 Å². The van der Waals surface area contributed by atoms with E-state index in [-0.39, 0.29) is 10.8 Å². The first kappa shape index (κ1) is 21.2. The lowest BCUT2D eigenvalue weighted by molar-refractivity contribution is 0.102. The van der Waals surface area contributed by atoms with Crippen LogP contribution in [0.5, 0.6) is 0 Å². The average Bonchev–Trinajstić information content (AvgIpc) is 3.24. The van der Waals surface area contributed by atoms with Crippen LogP contribution in [-0.4, -0.2) is 31.7 Å². The summed E-state index contributed by atoms with van der Waals surface area (Å²) in [4.78, 5) is 13.0. The first-order valence-electron chi connectivity index (χ1n) is 9.41. The molecule has 0 saturated heterocycles. The Morgan fingerprint density at radius 1 is 1.03 bits per heavy atom. The van der Waals surface area contributed by atoms with Crippen LogP contribution in [0.25, 0.3) is 11.1 Å². The Labute approximate surface area is 176 Å². The largest absolute Gasteiger partial charge is 0.322 e. The number of nitrogens with one attached hydrogen (secondary N) is 1. The second kappa shape index (κ2) is 8.90. The number of benzene rings is 2. The molecule has 3 rings (SSSR count). The molecule has 0 fully saturated rings. The number of hydrogen-bond donors (Lipinski definition) is 1. The molecule has 7 heteroatoms. The lowest BCUT2D eigenvalue weighted by Gasteiger charge is -2.19. The van der Waals surface area contributed by atoms with Crippen molar-refractivity contribution >= 4 is 33.0 Å². The van der Waals surface area contributed by atoms with Crippen molar-refractivity contribution in [2.45, 2.75) is 25.7 Å². The molecule has 0 atom stereocenters. The Bertz CT molecular complexity index is 1100. The topological polar surface area (TPSA) is 66.5 Å². The van der Waals surface area contributed by atoms with E-state index in [9.17, 15) is 13.2 Å². The summed E-state index contributed by atoms with van der Waals surface area (Å²) in [5.41, 5.74) is 3.83. The van der Waals surface area contributed by atoms with Crippen LogP contribution in [0.2, 0.25) is 0 Å². The highest BCUT2D eigenvalue weighted by atomic mass is 32.2. The fourth-order valence-corrected chi connectivity index (χ4v) is 5.27. The maximum absolute atomic E-state index is 12.9. The van der Waals surface area contributed by atoms with Crippen LogP contribution < -0.4 is 5.32 Å². The molecular weight excluding hydrogens is 404 g/mol. The minimum absolute atomic E-state index is 0.129. The number of amides is 1. The molecule has 1 aromatic heterocycles. The van der Waals surface area contributed by atoms with Crippen molar-refractivity contribution in [2.75, 3.05) is 18.4 Å². The molecular formula is C22H24N2O3S2. The van der Waals surface area contributed by atoms with Crippen LogP contribution in [0, 0.1) is 6.92 Å². The summed E-state index contributed by atoms with van der Waals surface area (Å²) < 4.78 is 27.0. The number of nitrogens with zero attached hydrogens (tertiary/aromatic N) is 1. The second-order valence-electron chi connectivity index (χ2n) is 6.61. The van der Waals surface area contributed by atoms with Gasteiger partial charge in [-0.2, -0.15) is 15.6 Å². The number of hydrogen-bond acceptors (Lipinski definition) is 4. The third-order valence-electron chi connectivity index (χ3n) is 4.77. The number of anilines is 1. The van der Waals surface area contributed by atoms with Gasteiger partial charge in [0.05, 0.1) is 4.90 Å². The molecule has 0 aliphatic rings.